The average Bonchev–Trinajstić information content (AvgIpc) is 3.15. The lowest BCUT2D eigenvalue weighted by Gasteiger charge is -2.33. The summed E-state index contributed by atoms with van der Waals surface area (Å²) in [5, 5.41) is 0. The number of methoxy groups -OCH3 is 1. The van der Waals surface area contributed by atoms with Gasteiger partial charge in [-0.25, -0.2) is 9.59 Å². The number of ether oxygens (including phenoxy) is 8. The Kier molecular flexibility index (Phi) is 8.37. The summed E-state index contributed by atoms with van der Waals surface area (Å²) in [4.78, 5) is 24.4. The SMILES string of the molecule is C#C[C@@]1(OCOC)[C@@H](COC(C(=O)OC=CC)C(=O)OCC)O[C@@H]2OC(C)(C)O[C@@H]21. The molecule has 2 saturated heterocycles. The first-order valence-corrected chi connectivity index (χ1v) is 9.46. The normalized spacial score (nSPS) is 30.6. The Morgan fingerprint density at radius 3 is 2.60 bits per heavy atom. The molecule has 0 radical (unpaired) electrons. The second-order valence-corrected chi connectivity index (χ2v) is 6.91. The van der Waals surface area contributed by atoms with E-state index in [-0.39, 0.29) is 20.0 Å². The maximum Gasteiger partial charge on any atom is 0.351 e. The topological polar surface area (TPSA) is 108 Å². The molecular formula is C20H28O10. The van der Waals surface area contributed by atoms with Crippen molar-refractivity contribution in [1.82, 2.24) is 0 Å². The van der Waals surface area contributed by atoms with Crippen molar-refractivity contribution in [3.8, 4) is 12.3 Å². The Morgan fingerprint density at radius 2 is 2.00 bits per heavy atom. The smallest absolute Gasteiger partial charge is 0.351 e. The molecule has 0 bridgehead atoms. The molecule has 0 saturated carbocycles. The van der Waals surface area contributed by atoms with Crippen molar-refractivity contribution in [3.05, 3.63) is 12.3 Å². The van der Waals surface area contributed by atoms with Crippen molar-refractivity contribution >= 4 is 11.9 Å². The minimum absolute atomic E-state index is 0.0572. The van der Waals surface area contributed by atoms with E-state index in [1.807, 2.05) is 0 Å². The average molecular weight is 428 g/mol. The number of fused-ring (bicyclic) bond motifs is 1. The van der Waals surface area contributed by atoms with Crippen LogP contribution in [-0.2, 0) is 47.5 Å². The van der Waals surface area contributed by atoms with E-state index in [4.69, 9.17) is 44.3 Å². The van der Waals surface area contributed by atoms with E-state index in [1.165, 1.54) is 13.2 Å². The molecule has 0 spiro atoms. The number of carbonyl (C=O) groups is 2. The lowest BCUT2D eigenvalue weighted by atomic mass is 9.93. The van der Waals surface area contributed by atoms with Crippen LogP contribution in [0.3, 0.4) is 0 Å². The zero-order valence-corrected chi connectivity index (χ0v) is 17.7. The number of terminal acetylenes is 1. The van der Waals surface area contributed by atoms with E-state index in [9.17, 15) is 9.59 Å². The molecule has 0 aromatic heterocycles. The zero-order valence-electron chi connectivity index (χ0n) is 17.7. The molecule has 0 aromatic carbocycles. The number of hydrogen-bond donors (Lipinski definition) is 0. The Bertz CT molecular complexity index is 682. The largest absolute Gasteiger partial charge is 0.464 e. The van der Waals surface area contributed by atoms with E-state index in [0.29, 0.717) is 0 Å². The predicted molar refractivity (Wildman–Crippen MR) is 101 cm³/mol. The molecule has 2 fully saturated rings. The fraction of sp³-hybridized carbons (Fsp3) is 0.700. The van der Waals surface area contributed by atoms with Gasteiger partial charge in [0.2, 0.25) is 0 Å². The van der Waals surface area contributed by atoms with Crippen molar-refractivity contribution in [2.24, 2.45) is 0 Å². The van der Waals surface area contributed by atoms with Crippen molar-refractivity contribution in [2.75, 3.05) is 27.1 Å². The molecule has 2 aliphatic heterocycles. The van der Waals surface area contributed by atoms with Gasteiger partial charge in [-0.15, -0.1) is 6.42 Å². The van der Waals surface area contributed by atoms with Crippen LogP contribution in [0.2, 0.25) is 0 Å². The molecule has 10 nitrogen and oxygen atoms in total. The monoisotopic (exact) mass is 428 g/mol. The van der Waals surface area contributed by atoms with E-state index < -0.39 is 47.9 Å². The number of rotatable bonds is 10. The number of esters is 2. The molecule has 1 unspecified atom stereocenters. The first-order valence-electron chi connectivity index (χ1n) is 9.46. The van der Waals surface area contributed by atoms with Gasteiger partial charge in [0.25, 0.3) is 6.10 Å². The van der Waals surface area contributed by atoms with Gasteiger partial charge in [-0.3, -0.25) is 0 Å². The second kappa shape index (κ2) is 10.3. The van der Waals surface area contributed by atoms with Gasteiger partial charge in [-0.2, -0.15) is 0 Å². The molecule has 168 valence electrons. The van der Waals surface area contributed by atoms with E-state index >= 15 is 0 Å². The molecule has 5 atom stereocenters. The highest BCUT2D eigenvalue weighted by Crippen LogP contribution is 2.45. The van der Waals surface area contributed by atoms with Crippen LogP contribution in [0.4, 0.5) is 0 Å². The molecule has 2 rings (SSSR count). The summed E-state index contributed by atoms with van der Waals surface area (Å²) < 4.78 is 43.5. The van der Waals surface area contributed by atoms with Crippen molar-refractivity contribution in [1.29, 1.82) is 0 Å². The Labute approximate surface area is 175 Å². The molecule has 10 heteroatoms. The van der Waals surface area contributed by atoms with Gasteiger partial charge >= 0.3 is 11.9 Å². The molecule has 2 aliphatic rings. The third-order valence-electron chi connectivity index (χ3n) is 4.35. The summed E-state index contributed by atoms with van der Waals surface area (Å²) in [6, 6.07) is 0. The van der Waals surface area contributed by atoms with Crippen molar-refractivity contribution in [2.45, 2.75) is 63.7 Å². The number of hydrogen-bond acceptors (Lipinski definition) is 10. The van der Waals surface area contributed by atoms with Crippen LogP contribution in [0.5, 0.6) is 0 Å². The van der Waals surface area contributed by atoms with E-state index in [2.05, 4.69) is 5.92 Å². The molecule has 2 heterocycles. The summed E-state index contributed by atoms with van der Waals surface area (Å²) in [7, 11) is 1.44. The van der Waals surface area contributed by atoms with Gasteiger partial charge < -0.3 is 37.9 Å². The minimum Gasteiger partial charge on any atom is -0.464 e. The van der Waals surface area contributed by atoms with Crippen LogP contribution < -0.4 is 0 Å². The van der Waals surface area contributed by atoms with Crippen LogP contribution in [-0.4, -0.2) is 75.0 Å². The van der Waals surface area contributed by atoms with Gasteiger partial charge in [0.15, 0.2) is 23.8 Å². The first-order chi connectivity index (χ1) is 14.2. The van der Waals surface area contributed by atoms with Crippen LogP contribution in [0.1, 0.15) is 27.7 Å². The van der Waals surface area contributed by atoms with Gasteiger partial charge in [0, 0.05) is 7.11 Å². The third kappa shape index (κ3) is 5.18. The summed E-state index contributed by atoms with van der Waals surface area (Å²) in [5.41, 5.74) is -1.44. The lowest BCUT2D eigenvalue weighted by molar-refractivity contribution is -0.244. The van der Waals surface area contributed by atoms with Crippen LogP contribution in [0, 0.1) is 12.3 Å². The summed E-state index contributed by atoms with van der Waals surface area (Å²) >= 11 is 0. The molecular weight excluding hydrogens is 400 g/mol. The fourth-order valence-electron chi connectivity index (χ4n) is 3.11. The second-order valence-electron chi connectivity index (χ2n) is 6.91. The molecule has 30 heavy (non-hydrogen) atoms. The van der Waals surface area contributed by atoms with Crippen molar-refractivity contribution in [3.63, 3.8) is 0 Å². The quantitative estimate of drug-likeness (QED) is 0.164. The van der Waals surface area contributed by atoms with Gasteiger partial charge in [-0.1, -0.05) is 12.0 Å². The number of carbonyl (C=O) groups excluding carboxylic acids is 2. The highest BCUT2D eigenvalue weighted by molar-refractivity contribution is 5.98. The zero-order chi connectivity index (χ0) is 22.4. The van der Waals surface area contributed by atoms with Crippen LogP contribution in [0.25, 0.3) is 0 Å². The van der Waals surface area contributed by atoms with Crippen LogP contribution >= 0.6 is 0 Å². The minimum atomic E-state index is -1.64. The third-order valence-corrected chi connectivity index (χ3v) is 4.35. The molecule has 0 aromatic rings. The highest BCUT2D eigenvalue weighted by Gasteiger charge is 2.64. The maximum absolute atomic E-state index is 12.2. The van der Waals surface area contributed by atoms with Crippen molar-refractivity contribution < 1.29 is 47.5 Å². The standard InChI is InChI=1S/C20H28O10/c1-7-10-25-17(22)14(16(21)24-9-3)26-11-13-20(8-2,27-12-23-6)15-18(28-13)30-19(4,5)29-15/h2,7,10,13-15,18H,9,11-12H2,1,3-6H3/t13-,14?,15+,18-,20-/m1/s1. The highest BCUT2D eigenvalue weighted by atomic mass is 16.9. The lowest BCUT2D eigenvalue weighted by Crippen LogP contribution is -2.53. The number of allylic oxidation sites excluding steroid dienone is 1. The molecule has 0 aliphatic carbocycles. The summed E-state index contributed by atoms with van der Waals surface area (Å²) in [6.45, 7) is 6.28. The van der Waals surface area contributed by atoms with Gasteiger partial charge in [0.1, 0.15) is 12.9 Å². The van der Waals surface area contributed by atoms with E-state index in [1.54, 1.807) is 27.7 Å². The predicted octanol–water partition coefficient (Wildman–Crippen LogP) is 0.880. The Morgan fingerprint density at radius 1 is 1.27 bits per heavy atom. The Hall–Kier alpha value is -2.00. The maximum atomic E-state index is 12.2. The first kappa shape index (κ1) is 24.3. The molecule has 0 N–H and O–H groups in total. The fourth-order valence-corrected chi connectivity index (χ4v) is 3.11. The van der Waals surface area contributed by atoms with E-state index in [0.717, 1.165) is 6.26 Å². The summed E-state index contributed by atoms with van der Waals surface area (Å²) in [5.74, 6) is -0.226. The van der Waals surface area contributed by atoms with Gasteiger partial charge in [-0.05, 0) is 27.7 Å². The Balaban J connectivity index is 2.20. The molecule has 0 amide bonds. The summed E-state index contributed by atoms with van der Waals surface area (Å²) in [6.07, 6.45) is 4.22. The van der Waals surface area contributed by atoms with Gasteiger partial charge in [0.05, 0.1) is 19.5 Å². The van der Waals surface area contributed by atoms with Crippen LogP contribution in [0.15, 0.2) is 12.3 Å².